The lowest BCUT2D eigenvalue weighted by atomic mass is 10.2. The second-order valence-electron chi connectivity index (χ2n) is 7.45. The number of carbonyl (C=O) groups is 2. The first-order chi connectivity index (χ1) is 16.9. The molecule has 35 heavy (non-hydrogen) atoms. The van der Waals surface area contributed by atoms with E-state index in [2.05, 4.69) is 25.3 Å². The van der Waals surface area contributed by atoms with Crippen LogP contribution in [0.4, 0.5) is 10.6 Å². The van der Waals surface area contributed by atoms with E-state index in [0.717, 1.165) is 5.57 Å². The maximum Gasteiger partial charge on any atom is 0.416 e. The van der Waals surface area contributed by atoms with Crippen LogP contribution in [0.15, 0.2) is 48.7 Å². The summed E-state index contributed by atoms with van der Waals surface area (Å²) in [5.41, 5.74) is 2.98. The number of nitrogens with one attached hydrogen (secondary N) is 1. The Hall–Kier alpha value is -4.16. The Kier molecular flexibility index (Phi) is 8.98. The van der Waals surface area contributed by atoms with E-state index in [-0.39, 0.29) is 26.5 Å². The van der Waals surface area contributed by atoms with Crippen molar-refractivity contribution in [1.29, 1.82) is 0 Å². The van der Waals surface area contributed by atoms with Gasteiger partial charge in [0, 0.05) is 18.8 Å². The minimum atomic E-state index is -0.660. The first-order valence-corrected chi connectivity index (χ1v) is 10.7. The summed E-state index contributed by atoms with van der Waals surface area (Å²) >= 11 is 0. The quantitative estimate of drug-likeness (QED) is 0.324. The molecule has 0 radical (unpaired) electrons. The molecule has 3 aromatic heterocycles. The van der Waals surface area contributed by atoms with E-state index >= 15 is 0 Å². The highest BCUT2D eigenvalue weighted by atomic mass is 16.6. The van der Waals surface area contributed by atoms with Crippen LogP contribution in [-0.2, 0) is 27.6 Å². The van der Waals surface area contributed by atoms with Crippen LogP contribution >= 0.6 is 0 Å². The van der Waals surface area contributed by atoms with Gasteiger partial charge in [-0.2, -0.15) is 0 Å². The number of pyridine rings is 1. The average Bonchev–Trinajstić information content (AvgIpc) is 3.29. The third-order valence-electron chi connectivity index (χ3n) is 4.81. The fraction of sp³-hybridized carbons (Fsp3) is 0.304. The number of anilines is 1. The number of amides is 1. The lowest BCUT2D eigenvalue weighted by Gasteiger charge is -2.19. The van der Waals surface area contributed by atoms with Crippen molar-refractivity contribution in [2.24, 2.45) is 0 Å². The predicted molar refractivity (Wildman–Crippen MR) is 128 cm³/mol. The topological polar surface area (TPSA) is 145 Å². The molecule has 0 aromatic carbocycles. The molecule has 0 fully saturated rings. The third kappa shape index (κ3) is 6.68. The van der Waals surface area contributed by atoms with Crippen LogP contribution in [0.2, 0.25) is 0 Å². The molecule has 0 unspecified atom stereocenters. The lowest BCUT2D eigenvalue weighted by Crippen LogP contribution is -2.30. The van der Waals surface area contributed by atoms with E-state index in [9.17, 15) is 9.59 Å². The molecular formula is C23H27N7O5. The normalized spacial score (nSPS) is 11.7. The number of allylic oxidation sites excluding steroid dienone is 2. The van der Waals surface area contributed by atoms with E-state index in [1.165, 1.54) is 30.8 Å². The number of imidazole rings is 1. The van der Waals surface area contributed by atoms with E-state index in [1.54, 1.807) is 42.0 Å². The van der Waals surface area contributed by atoms with E-state index in [0.29, 0.717) is 28.2 Å². The molecule has 0 bridgehead atoms. The number of rotatable bonds is 10. The van der Waals surface area contributed by atoms with Gasteiger partial charge in [-0.05, 0) is 31.7 Å². The molecule has 12 nitrogen and oxygen atoms in total. The van der Waals surface area contributed by atoms with Crippen LogP contribution in [0.1, 0.15) is 18.2 Å². The van der Waals surface area contributed by atoms with Gasteiger partial charge >= 0.3 is 12.1 Å². The van der Waals surface area contributed by atoms with Crippen LogP contribution in [0.5, 0.6) is 0 Å². The molecule has 0 aliphatic carbocycles. The zero-order valence-electron chi connectivity index (χ0n) is 19.7. The summed E-state index contributed by atoms with van der Waals surface area (Å²) in [6, 6.07) is 3.40. The monoisotopic (exact) mass is 481 g/mol. The first kappa shape index (κ1) is 25.5. The van der Waals surface area contributed by atoms with Gasteiger partial charge in [0.25, 0.3) is 0 Å². The molecule has 0 spiro atoms. The number of aliphatic hydroxyl groups excluding tert-OH is 1. The number of carbonyl (C=O) groups excluding carboxylic acids is 2. The molecule has 0 saturated carbocycles. The molecule has 0 aliphatic heterocycles. The first-order valence-electron chi connectivity index (χ1n) is 10.7. The van der Waals surface area contributed by atoms with E-state index in [1.807, 2.05) is 6.92 Å². The minimum Gasteiger partial charge on any atom is -0.460 e. The molecule has 3 rings (SSSR count). The Morgan fingerprint density at radius 1 is 1.23 bits per heavy atom. The molecule has 0 atom stereocenters. The Morgan fingerprint density at radius 3 is 2.83 bits per heavy atom. The molecular weight excluding hydrogens is 454 g/mol. The minimum absolute atomic E-state index is 0.0283. The van der Waals surface area contributed by atoms with E-state index in [4.69, 9.17) is 14.6 Å². The zero-order chi connectivity index (χ0) is 25.2. The number of ether oxygens (including phenoxy) is 2. The van der Waals surface area contributed by atoms with Crippen molar-refractivity contribution in [3.63, 3.8) is 0 Å². The Morgan fingerprint density at radius 2 is 2.06 bits per heavy atom. The van der Waals surface area contributed by atoms with Gasteiger partial charge in [-0.1, -0.05) is 18.2 Å². The van der Waals surface area contributed by atoms with Gasteiger partial charge in [0.05, 0.1) is 25.2 Å². The number of nitrogens with zero attached hydrogens (tertiary/aromatic N) is 6. The molecule has 1 amide bonds. The van der Waals surface area contributed by atoms with Crippen LogP contribution < -0.4 is 10.2 Å². The summed E-state index contributed by atoms with van der Waals surface area (Å²) in [4.78, 5) is 42.6. The highest BCUT2D eigenvalue weighted by molar-refractivity contribution is 5.86. The molecule has 2 N–H and O–H groups in total. The second kappa shape index (κ2) is 12.3. The molecule has 3 aromatic rings. The maximum absolute atomic E-state index is 12.7. The fourth-order valence-corrected chi connectivity index (χ4v) is 2.98. The molecule has 3 heterocycles. The summed E-state index contributed by atoms with van der Waals surface area (Å²) in [7, 11) is 3.16. The standard InChI is InChI=1S/C23H27N7O5/c1-16(11-31)6-4-8-18-20-22(27-13-26-18)30(14-28-20)15-35-23(33)29(3)21-17(7-5-9-25-21)12-34-19(32)10-24-2/h4-9,13-14,24,31H,10-12,15H2,1-3H3/b8-4+,16-6+. The van der Waals surface area contributed by atoms with E-state index < -0.39 is 12.1 Å². The second-order valence-corrected chi connectivity index (χ2v) is 7.45. The van der Waals surface area contributed by atoms with Crippen molar-refractivity contribution in [2.75, 3.05) is 32.1 Å². The summed E-state index contributed by atoms with van der Waals surface area (Å²) < 4.78 is 12.2. The largest absolute Gasteiger partial charge is 0.460 e. The molecule has 0 aliphatic rings. The van der Waals surface area contributed by atoms with Crippen LogP contribution in [0, 0.1) is 0 Å². The summed E-state index contributed by atoms with van der Waals surface area (Å²) in [5.74, 6) is -0.110. The summed E-state index contributed by atoms with van der Waals surface area (Å²) in [6.07, 6.45) is 9.07. The Balaban J connectivity index is 1.68. The van der Waals surface area contributed by atoms with Crippen molar-refractivity contribution >= 4 is 35.1 Å². The van der Waals surface area contributed by atoms with Crippen molar-refractivity contribution in [1.82, 2.24) is 29.8 Å². The number of esters is 1. The molecule has 0 saturated heterocycles. The van der Waals surface area contributed by atoms with Gasteiger partial charge in [-0.25, -0.2) is 24.7 Å². The average molecular weight is 482 g/mol. The Bertz CT molecular complexity index is 1240. The zero-order valence-corrected chi connectivity index (χ0v) is 19.7. The van der Waals surface area contributed by atoms with Gasteiger partial charge in [0.1, 0.15) is 24.3 Å². The fourth-order valence-electron chi connectivity index (χ4n) is 2.98. The van der Waals surface area contributed by atoms with Gasteiger partial charge < -0.3 is 19.9 Å². The number of aliphatic hydroxyl groups is 1. The highest BCUT2D eigenvalue weighted by Crippen LogP contribution is 2.19. The van der Waals surface area contributed by atoms with Gasteiger partial charge in [0.15, 0.2) is 12.4 Å². The highest BCUT2D eigenvalue weighted by Gasteiger charge is 2.19. The third-order valence-corrected chi connectivity index (χ3v) is 4.81. The lowest BCUT2D eigenvalue weighted by molar-refractivity contribution is -0.143. The molecule has 184 valence electrons. The number of likely N-dealkylation sites (N-methyl/N-ethyl adjacent to an activating group) is 1. The van der Waals surface area contributed by atoms with Crippen molar-refractivity contribution in [2.45, 2.75) is 20.3 Å². The molecule has 12 heteroatoms. The number of aromatic nitrogens is 5. The summed E-state index contributed by atoms with van der Waals surface area (Å²) in [6.45, 7) is 1.69. The van der Waals surface area contributed by atoms with Crippen molar-refractivity contribution < 1.29 is 24.2 Å². The van der Waals surface area contributed by atoms with Crippen LogP contribution in [0.25, 0.3) is 17.2 Å². The Labute approximate surface area is 201 Å². The predicted octanol–water partition coefficient (Wildman–Crippen LogP) is 1.67. The SMILES string of the molecule is CNCC(=O)OCc1cccnc1N(C)C(=O)OCn1cnc2c(/C=C/C=C(\C)CO)ncnc21. The van der Waals surface area contributed by atoms with Gasteiger partial charge in [-0.15, -0.1) is 0 Å². The van der Waals surface area contributed by atoms with Gasteiger partial charge in [0.2, 0.25) is 0 Å². The summed E-state index contributed by atoms with van der Waals surface area (Å²) in [5, 5.41) is 11.8. The van der Waals surface area contributed by atoms with Crippen molar-refractivity contribution in [3.8, 4) is 0 Å². The smallest absolute Gasteiger partial charge is 0.416 e. The number of fused-ring (bicyclic) bond motifs is 1. The number of hydrogen-bond acceptors (Lipinski definition) is 10. The number of hydrogen-bond donors (Lipinski definition) is 2. The van der Waals surface area contributed by atoms with Crippen LogP contribution in [0.3, 0.4) is 0 Å². The maximum atomic E-state index is 12.7. The van der Waals surface area contributed by atoms with Gasteiger partial charge in [-0.3, -0.25) is 14.3 Å². The van der Waals surface area contributed by atoms with Crippen molar-refractivity contribution in [3.05, 3.63) is 60.0 Å². The van der Waals surface area contributed by atoms with Crippen LogP contribution in [-0.4, -0.2) is 68.9 Å².